The lowest BCUT2D eigenvalue weighted by molar-refractivity contribution is -0.117. The number of carbonyl (C=O) groups excluding carboxylic acids is 2. The molecule has 0 aliphatic carbocycles. The zero-order valence-corrected chi connectivity index (χ0v) is 23.2. The minimum Gasteiger partial charge on any atom is -0.301 e. The van der Waals surface area contributed by atoms with Gasteiger partial charge in [-0.25, -0.2) is 4.98 Å². The Bertz CT molecular complexity index is 974. The summed E-state index contributed by atoms with van der Waals surface area (Å²) < 4.78 is 1.81. The molecule has 35 heavy (non-hydrogen) atoms. The highest BCUT2D eigenvalue weighted by Gasteiger charge is 2.11. The fraction of sp³-hybridized carbons (Fsp3) is 0.533. The van der Waals surface area contributed by atoms with Crippen molar-refractivity contribution >= 4 is 17.8 Å². The molecule has 0 aliphatic rings. The highest BCUT2D eigenvalue weighted by Crippen LogP contribution is 2.25. The van der Waals surface area contributed by atoms with Crippen molar-refractivity contribution in [3.05, 3.63) is 58.7 Å². The summed E-state index contributed by atoms with van der Waals surface area (Å²) in [5.74, 6) is 1.17. The van der Waals surface area contributed by atoms with E-state index in [9.17, 15) is 9.59 Å². The number of Topliss-reactive ketones (excluding diaryl/α,β-unsaturated/α-hetero) is 2. The lowest BCUT2D eigenvalue weighted by Gasteiger charge is -2.16. The predicted octanol–water partition coefficient (Wildman–Crippen LogP) is 8.19. The van der Waals surface area contributed by atoms with Gasteiger partial charge >= 0.3 is 0 Å². The van der Waals surface area contributed by atoms with Crippen LogP contribution in [0.25, 0.3) is 6.20 Å². The van der Waals surface area contributed by atoms with Gasteiger partial charge < -0.3 is 9.36 Å². The lowest BCUT2D eigenvalue weighted by Crippen LogP contribution is -2.04. The van der Waals surface area contributed by atoms with E-state index in [0.717, 1.165) is 35.3 Å². The summed E-state index contributed by atoms with van der Waals surface area (Å²) in [4.78, 5) is 26.4. The van der Waals surface area contributed by atoms with Crippen LogP contribution in [0.5, 0.6) is 0 Å². The van der Waals surface area contributed by atoms with Crippen LogP contribution in [0.4, 0.5) is 0 Å². The van der Waals surface area contributed by atoms with E-state index in [1.54, 1.807) is 13.1 Å². The predicted molar refractivity (Wildman–Crippen MR) is 147 cm³/mol. The first-order chi connectivity index (χ1) is 16.5. The van der Waals surface area contributed by atoms with Gasteiger partial charge in [-0.3, -0.25) is 4.79 Å². The highest BCUT2D eigenvalue weighted by atomic mass is 16.1. The minimum atomic E-state index is -0.0455. The quantitative estimate of drug-likeness (QED) is 0.162. The van der Waals surface area contributed by atoms with E-state index >= 15 is 0 Å². The maximum atomic E-state index is 11.4. The van der Waals surface area contributed by atoms with Gasteiger partial charge in [0, 0.05) is 31.4 Å². The molecule has 0 saturated carbocycles. The Morgan fingerprint density at radius 2 is 1.71 bits per heavy atom. The number of hydrogen-bond donors (Lipinski definition) is 0. The van der Waals surface area contributed by atoms with Crippen molar-refractivity contribution in [3.8, 4) is 6.07 Å². The number of hydrogen-bond acceptors (Lipinski definition) is 4. The van der Waals surface area contributed by atoms with Crippen LogP contribution in [0, 0.1) is 24.2 Å². The van der Waals surface area contributed by atoms with Gasteiger partial charge in [0.2, 0.25) is 0 Å². The molecule has 0 aliphatic heterocycles. The van der Waals surface area contributed by atoms with Gasteiger partial charge in [-0.1, -0.05) is 50.5 Å². The van der Waals surface area contributed by atoms with Gasteiger partial charge in [0.05, 0.1) is 11.6 Å². The van der Waals surface area contributed by atoms with Crippen molar-refractivity contribution in [2.24, 2.45) is 5.92 Å². The Hall–Kier alpha value is -3.00. The summed E-state index contributed by atoms with van der Waals surface area (Å²) in [7, 11) is 0. The van der Waals surface area contributed by atoms with E-state index in [-0.39, 0.29) is 11.6 Å². The van der Waals surface area contributed by atoms with Crippen LogP contribution in [0.15, 0.2) is 47.2 Å². The second-order valence-corrected chi connectivity index (χ2v) is 9.33. The van der Waals surface area contributed by atoms with Crippen LogP contribution in [-0.4, -0.2) is 21.1 Å². The molecule has 0 radical (unpaired) electrons. The van der Waals surface area contributed by atoms with E-state index in [1.807, 2.05) is 50.6 Å². The molecule has 0 amide bonds. The molecule has 192 valence electrons. The first-order valence-corrected chi connectivity index (χ1v) is 12.6. The molecule has 0 fully saturated rings. The SMILES string of the molecule is C=C/C(=C\C(C#N)=C(C)C)C(CCC)CCC.CC(=O)CCC/C(C)=C/n1c(C)cnc1C(C)=O. The highest BCUT2D eigenvalue weighted by molar-refractivity contribution is 5.91. The van der Waals surface area contributed by atoms with Gasteiger partial charge in [0.1, 0.15) is 5.78 Å². The second kappa shape index (κ2) is 17.4. The molecule has 1 rings (SSSR count). The molecule has 1 aromatic heterocycles. The molecule has 5 nitrogen and oxygen atoms in total. The van der Waals surface area contributed by atoms with Crippen LogP contribution >= 0.6 is 0 Å². The fourth-order valence-electron chi connectivity index (χ4n) is 3.74. The largest absolute Gasteiger partial charge is 0.301 e. The monoisotopic (exact) mass is 479 g/mol. The van der Waals surface area contributed by atoms with Gasteiger partial charge in [-0.2, -0.15) is 5.26 Å². The van der Waals surface area contributed by atoms with Crippen LogP contribution in [0.3, 0.4) is 0 Å². The normalized spacial score (nSPS) is 11.4. The third kappa shape index (κ3) is 12.3. The van der Waals surface area contributed by atoms with Crippen LogP contribution < -0.4 is 0 Å². The summed E-state index contributed by atoms with van der Waals surface area (Å²) >= 11 is 0. The molecule has 0 bridgehead atoms. The van der Waals surface area contributed by atoms with Crippen molar-refractivity contribution in [2.45, 2.75) is 100 Å². The number of rotatable bonds is 13. The first-order valence-electron chi connectivity index (χ1n) is 12.6. The average molecular weight is 480 g/mol. The van der Waals surface area contributed by atoms with Gasteiger partial charge in [-0.15, -0.1) is 0 Å². The fourth-order valence-corrected chi connectivity index (χ4v) is 3.74. The molecule has 0 unspecified atom stereocenters. The average Bonchev–Trinajstić information content (AvgIpc) is 3.14. The van der Waals surface area contributed by atoms with Crippen molar-refractivity contribution in [2.75, 3.05) is 0 Å². The Morgan fingerprint density at radius 1 is 1.11 bits per heavy atom. The van der Waals surface area contributed by atoms with E-state index in [2.05, 4.69) is 31.5 Å². The smallest absolute Gasteiger partial charge is 0.195 e. The van der Waals surface area contributed by atoms with Crippen molar-refractivity contribution in [3.63, 3.8) is 0 Å². The Balaban J connectivity index is 0.000000662. The molecular weight excluding hydrogens is 434 g/mol. The van der Waals surface area contributed by atoms with Crippen LogP contribution in [-0.2, 0) is 4.79 Å². The molecule has 1 aromatic rings. The number of nitrogens with zero attached hydrogens (tertiary/aromatic N) is 3. The van der Waals surface area contributed by atoms with Gasteiger partial charge in [0.25, 0.3) is 0 Å². The van der Waals surface area contributed by atoms with Gasteiger partial charge in [-0.05, 0) is 77.9 Å². The number of aromatic nitrogens is 2. The van der Waals surface area contributed by atoms with Gasteiger partial charge in [0.15, 0.2) is 11.6 Å². The number of allylic oxidation sites excluding steroid dienone is 6. The molecule has 5 heteroatoms. The maximum absolute atomic E-state index is 11.4. The van der Waals surface area contributed by atoms with Crippen LogP contribution in [0.2, 0.25) is 0 Å². The topological polar surface area (TPSA) is 75.8 Å². The number of aryl methyl sites for hydroxylation is 1. The van der Waals surface area contributed by atoms with E-state index < -0.39 is 0 Å². The molecule has 1 heterocycles. The van der Waals surface area contributed by atoms with E-state index in [1.165, 1.54) is 38.2 Å². The molecule has 0 N–H and O–H groups in total. The number of ketones is 2. The minimum absolute atomic E-state index is 0.0455. The standard InChI is InChI=1S/C16H25N.C14H20N2O2/c1-6-9-15(10-7-2)14(8-3)11-16(12-17)13(4)5;1-10(6-5-7-12(3)17)9-16-11(2)8-15-14(16)13(4)18/h8,11,15H,3,6-7,9-10H2,1-2,4-5H3;8-9H,5-7H2,1-4H3/b14-11+;10-9+. The summed E-state index contributed by atoms with van der Waals surface area (Å²) in [6.07, 6.45) is 14.5. The lowest BCUT2D eigenvalue weighted by atomic mass is 9.88. The van der Waals surface area contributed by atoms with Crippen molar-refractivity contribution in [1.29, 1.82) is 5.26 Å². The number of carbonyl (C=O) groups is 2. The molecule has 0 spiro atoms. The summed E-state index contributed by atoms with van der Waals surface area (Å²) in [5, 5.41) is 9.10. The number of imidazole rings is 1. The molecule has 0 atom stereocenters. The third-order valence-corrected chi connectivity index (χ3v) is 5.70. The Morgan fingerprint density at radius 3 is 2.14 bits per heavy atom. The molecule has 0 saturated heterocycles. The van der Waals surface area contributed by atoms with Crippen LogP contribution in [0.1, 0.15) is 110 Å². The van der Waals surface area contributed by atoms with E-state index in [4.69, 9.17) is 5.26 Å². The summed E-state index contributed by atoms with van der Waals surface area (Å²) in [5.41, 5.74) is 5.13. The number of nitriles is 1. The van der Waals surface area contributed by atoms with E-state index in [0.29, 0.717) is 18.2 Å². The third-order valence-electron chi connectivity index (χ3n) is 5.70. The first kappa shape index (κ1) is 32.0. The summed E-state index contributed by atoms with van der Waals surface area (Å²) in [6, 6.07) is 2.26. The maximum Gasteiger partial charge on any atom is 0.195 e. The zero-order chi connectivity index (χ0) is 27.0. The molecule has 0 aromatic carbocycles. The van der Waals surface area contributed by atoms with Crippen molar-refractivity contribution in [1.82, 2.24) is 9.55 Å². The second-order valence-electron chi connectivity index (χ2n) is 9.33. The zero-order valence-electron chi connectivity index (χ0n) is 23.2. The summed E-state index contributed by atoms with van der Waals surface area (Å²) in [6.45, 7) is 19.3. The Kier molecular flexibility index (Phi) is 15.9. The molecular formula is C30H45N3O2. The Labute approximate surface area is 213 Å². The van der Waals surface area contributed by atoms with Crippen molar-refractivity contribution < 1.29 is 9.59 Å².